The molecule has 0 radical (unpaired) electrons. The second-order valence-electron chi connectivity index (χ2n) is 6.75. The number of nitro groups is 1. The Hall–Kier alpha value is -4.09. The van der Waals surface area contributed by atoms with Gasteiger partial charge >= 0.3 is 0 Å². The molecule has 170 valence electrons. The summed E-state index contributed by atoms with van der Waals surface area (Å²) in [7, 11) is 0. The summed E-state index contributed by atoms with van der Waals surface area (Å²) < 4.78 is 1.82. The van der Waals surface area contributed by atoms with E-state index >= 15 is 0 Å². The van der Waals surface area contributed by atoms with Gasteiger partial charge in [0.25, 0.3) is 11.6 Å². The minimum atomic E-state index is -0.511. The molecule has 0 fully saturated rings. The van der Waals surface area contributed by atoms with Crippen LogP contribution in [0.25, 0.3) is 17.1 Å². The summed E-state index contributed by atoms with van der Waals surface area (Å²) in [6, 6.07) is 16.9. The van der Waals surface area contributed by atoms with E-state index in [2.05, 4.69) is 25.7 Å². The van der Waals surface area contributed by atoms with Crippen molar-refractivity contribution in [2.45, 2.75) is 5.16 Å². The molecule has 0 saturated heterocycles. The Bertz CT molecular complexity index is 1340. The van der Waals surface area contributed by atoms with Crippen LogP contribution in [0.2, 0.25) is 5.02 Å². The van der Waals surface area contributed by atoms with Crippen LogP contribution in [0.1, 0.15) is 5.56 Å². The van der Waals surface area contributed by atoms with Gasteiger partial charge in [-0.1, -0.05) is 35.5 Å². The van der Waals surface area contributed by atoms with Crippen molar-refractivity contribution in [3.8, 4) is 17.1 Å². The molecule has 0 aliphatic rings. The third kappa shape index (κ3) is 5.45. The van der Waals surface area contributed by atoms with Gasteiger partial charge in [0.2, 0.25) is 0 Å². The average molecular weight is 494 g/mol. The predicted octanol–water partition coefficient (Wildman–Crippen LogP) is 4.13. The SMILES string of the molecule is O=C(CSc1nnc(-c2ccncc2)n1-c1ccc(Cl)cc1)NN=Cc1ccccc1[N+](=O)[O-]. The Labute approximate surface area is 202 Å². The van der Waals surface area contributed by atoms with Gasteiger partial charge in [0.15, 0.2) is 11.0 Å². The van der Waals surface area contributed by atoms with E-state index in [1.165, 1.54) is 30.1 Å². The zero-order chi connectivity index (χ0) is 23.9. The second-order valence-corrected chi connectivity index (χ2v) is 8.13. The van der Waals surface area contributed by atoms with Crippen molar-refractivity contribution in [3.63, 3.8) is 0 Å². The van der Waals surface area contributed by atoms with Crippen molar-refractivity contribution in [2.75, 3.05) is 5.75 Å². The molecule has 0 bridgehead atoms. The van der Waals surface area contributed by atoms with Crippen LogP contribution in [0, 0.1) is 10.1 Å². The number of para-hydroxylation sites is 1. The maximum absolute atomic E-state index is 12.3. The number of nitro benzene ring substituents is 1. The number of pyridine rings is 1. The summed E-state index contributed by atoms with van der Waals surface area (Å²) in [6.07, 6.45) is 4.55. The van der Waals surface area contributed by atoms with Gasteiger partial charge in [-0.25, -0.2) is 5.43 Å². The molecule has 0 aliphatic carbocycles. The average Bonchev–Trinajstić information content (AvgIpc) is 3.28. The zero-order valence-electron chi connectivity index (χ0n) is 17.4. The van der Waals surface area contributed by atoms with Crippen LogP contribution in [0.5, 0.6) is 0 Å². The van der Waals surface area contributed by atoms with Gasteiger partial charge in [-0.15, -0.1) is 10.2 Å². The van der Waals surface area contributed by atoms with E-state index in [0.717, 1.165) is 11.3 Å². The van der Waals surface area contributed by atoms with Crippen molar-refractivity contribution in [2.24, 2.45) is 5.10 Å². The fraction of sp³-hybridized carbons (Fsp3) is 0.0455. The van der Waals surface area contributed by atoms with E-state index in [-0.39, 0.29) is 17.0 Å². The number of nitrogens with zero attached hydrogens (tertiary/aromatic N) is 6. The number of rotatable bonds is 8. The molecule has 10 nitrogen and oxygen atoms in total. The van der Waals surface area contributed by atoms with E-state index in [0.29, 0.717) is 16.0 Å². The number of thioether (sulfide) groups is 1. The first-order chi connectivity index (χ1) is 16.5. The monoisotopic (exact) mass is 493 g/mol. The van der Waals surface area contributed by atoms with Gasteiger partial charge in [-0.05, 0) is 42.5 Å². The molecule has 0 aliphatic heterocycles. The van der Waals surface area contributed by atoms with E-state index < -0.39 is 10.8 Å². The first-order valence-corrected chi connectivity index (χ1v) is 11.2. The number of nitrogens with one attached hydrogen (secondary N) is 1. The summed E-state index contributed by atoms with van der Waals surface area (Å²) in [5.41, 5.74) is 4.14. The Kier molecular flexibility index (Phi) is 7.25. The maximum atomic E-state index is 12.3. The summed E-state index contributed by atoms with van der Waals surface area (Å²) in [5.74, 6) is 0.175. The maximum Gasteiger partial charge on any atom is 0.278 e. The summed E-state index contributed by atoms with van der Waals surface area (Å²) in [5, 5.41) is 24.5. The smallest absolute Gasteiger partial charge is 0.272 e. The lowest BCUT2D eigenvalue weighted by molar-refractivity contribution is -0.385. The fourth-order valence-corrected chi connectivity index (χ4v) is 3.84. The minimum Gasteiger partial charge on any atom is -0.272 e. The topological polar surface area (TPSA) is 128 Å². The first kappa shape index (κ1) is 23.1. The molecule has 2 aromatic heterocycles. The molecule has 4 aromatic rings. The third-order valence-electron chi connectivity index (χ3n) is 4.52. The fourth-order valence-electron chi connectivity index (χ4n) is 2.97. The molecule has 2 heterocycles. The Morgan fingerprint density at radius 2 is 1.85 bits per heavy atom. The van der Waals surface area contributed by atoms with Crippen LogP contribution in [-0.4, -0.2) is 42.5 Å². The van der Waals surface area contributed by atoms with Crippen LogP contribution in [-0.2, 0) is 4.79 Å². The van der Waals surface area contributed by atoms with Crippen LogP contribution < -0.4 is 5.43 Å². The standard InChI is InChI=1S/C22H16ClN7O3S/c23-17-5-7-18(8-6-17)29-21(15-9-11-24-12-10-15)27-28-22(29)34-14-20(31)26-25-13-16-3-1-2-4-19(16)30(32)33/h1-13H,14H2,(H,26,31). The Morgan fingerprint density at radius 3 is 2.59 bits per heavy atom. The van der Waals surface area contributed by atoms with E-state index in [4.69, 9.17) is 11.6 Å². The quantitative estimate of drug-likeness (QED) is 0.169. The van der Waals surface area contributed by atoms with Crippen LogP contribution in [0.3, 0.4) is 0 Å². The molecule has 2 aromatic carbocycles. The molecule has 0 spiro atoms. The normalized spacial score (nSPS) is 11.0. The van der Waals surface area contributed by atoms with Gasteiger partial charge in [-0.2, -0.15) is 5.10 Å². The molecule has 12 heteroatoms. The lowest BCUT2D eigenvalue weighted by Crippen LogP contribution is -2.20. The van der Waals surface area contributed by atoms with Gasteiger partial charge in [0, 0.05) is 34.7 Å². The van der Waals surface area contributed by atoms with Crippen LogP contribution in [0.15, 0.2) is 83.3 Å². The molecule has 1 amide bonds. The highest BCUT2D eigenvalue weighted by atomic mass is 35.5. The van der Waals surface area contributed by atoms with Gasteiger partial charge in [-0.3, -0.25) is 24.5 Å². The van der Waals surface area contributed by atoms with Crippen molar-refractivity contribution in [1.82, 2.24) is 25.2 Å². The first-order valence-electron chi connectivity index (χ1n) is 9.83. The van der Waals surface area contributed by atoms with Crippen molar-refractivity contribution in [1.29, 1.82) is 0 Å². The highest BCUT2D eigenvalue weighted by Crippen LogP contribution is 2.28. The molecule has 0 atom stereocenters. The number of hydrogen-bond acceptors (Lipinski definition) is 8. The minimum absolute atomic E-state index is 0.00368. The summed E-state index contributed by atoms with van der Waals surface area (Å²) in [4.78, 5) is 26.9. The van der Waals surface area contributed by atoms with Crippen molar-refractivity contribution < 1.29 is 9.72 Å². The molecular weight excluding hydrogens is 478 g/mol. The predicted molar refractivity (Wildman–Crippen MR) is 129 cm³/mol. The number of benzene rings is 2. The zero-order valence-corrected chi connectivity index (χ0v) is 19.0. The van der Waals surface area contributed by atoms with Crippen molar-refractivity contribution in [3.05, 3.63) is 93.8 Å². The van der Waals surface area contributed by atoms with Crippen molar-refractivity contribution >= 4 is 41.2 Å². The molecule has 34 heavy (non-hydrogen) atoms. The third-order valence-corrected chi connectivity index (χ3v) is 5.70. The number of carbonyl (C=O) groups excluding carboxylic acids is 1. The van der Waals surface area contributed by atoms with Gasteiger partial charge in [0.05, 0.1) is 22.5 Å². The Balaban J connectivity index is 1.50. The van der Waals surface area contributed by atoms with E-state index in [1.807, 2.05) is 28.8 Å². The number of amides is 1. The number of hydrazone groups is 1. The van der Waals surface area contributed by atoms with Crippen LogP contribution >= 0.6 is 23.4 Å². The van der Waals surface area contributed by atoms with E-state index in [9.17, 15) is 14.9 Å². The highest BCUT2D eigenvalue weighted by Gasteiger charge is 2.17. The van der Waals surface area contributed by atoms with Crippen LogP contribution in [0.4, 0.5) is 5.69 Å². The van der Waals surface area contributed by atoms with Gasteiger partial charge in [0.1, 0.15) is 0 Å². The molecule has 4 rings (SSSR count). The Morgan fingerprint density at radius 1 is 1.12 bits per heavy atom. The number of halogens is 1. The van der Waals surface area contributed by atoms with Gasteiger partial charge < -0.3 is 0 Å². The molecule has 0 saturated carbocycles. The molecule has 1 N–H and O–H groups in total. The second kappa shape index (κ2) is 10.7. The summed E-state index contributed by atoms with van der Waals surface area (Å²) >= 11 is 7.21. The number of hydrogen-bond donors (Lipinski definition) is 1. The number of carbonyl (C=O) groups is 1. The molecular formula is C22H16ClN7O3S. The van der Waals surface area contributed by atoms with E-state index in [1.54, 1.807) is 36.7 Å². The number of aromatic nitrogens is 4. The largest absolute Gasteiger partial charge is 0.278 e. The highest BCUT2D eigenvalue weighted by molar-refractivity contribution is 7.99. The lowest BCUT2D eigenvalue weighted by Gasteiger charge is -2.10. The molecule has 0 unspecified atom stereocenters. The summed E-state index contributed by atoms with van der Waals surface area (Å²) in [6.45, 7) is 0. The lowest BCUT2D eigenvalue weighted by atomic mass is 10.2.